The minimum Gasteiger partial charge on any atom is -0.478 e. The topological polar surface area (TPSA) is 86.7 Å². The fraction of sp³-hybridized carbons (Fsp3) is 0.636. The van der Waals surface area contributed by atoms with E-state index in [0.29, 0.717) is 5.06 Å². The van der Waals surface area contributed by atoms with Gasteiger partial charge in [0.1, 0.15) is 0 Å². The highest BCUT2D eigenvalue weighted by molar-refractivity contribution is 6.03. The highest BCUT2D eigenvalue weighted by Crippen LogP contribution is 2.44. The van der Waals surface area contributed by atoms with Gasteiger partial charge < -0.3 is 9.84 Å². The molecule has 1 N–H and O–H groups in total. The summed E-state index contributed by atoms with van der Waals surface area (Å²) < 4.78 is 4.57. The van der Waals surface area contributed by atoms with Crippen LogP contribution in [0.4, 0.5) is 0 Å². The van der Waals surface area contributed by atoms with Crippen LogP contribution >= 0.6 is 0 Å². The van der Waals surface area contributed by atoms with Crippen molar-refractivity contribution in [3.8, 4) is 0 Å². The highest BCUT2D eigenvalue weighted by atomic mass is 16.5. The van der Waals surface area contributed by atoms with Gasteiger partial charge in [-0.05, 0) is 27.7 Å². The average molecular weight is 242 g/mol. The minimum atomic E-state index is -1.28. The summed E-state index contributed by atoms with van der Waals surface area (Å²) in [7, 11) is 1.16. The van der Waals surface area contributed by atoms with Gasteiger partial charge in [-0.2, -0.15) is 0 Å². The van der Waals surface area contributed by atoms with Crippen LogP contribution in [0.2, 0.25) is 0 Å². The Morgan fingerprint density at radius 2 is 1.53 bits per heavy atom. The average Bonchev–Trinajstić information content (AvgIpc) is 2.35. The van der Waals surface area contributed by atoms with Crippen molar-refractivity contribution in [3.63, 3.8) is 0 Å². The predicted octanol–water partition coefficient (Wildman–Crippen LogP) is 0.759. The van der Waals surface area contributed by atoms with Crippen LogP contribution in [0.1, 0.15) is 27.7 Å². The number of carbonyl (C=O) groups excluding carboxylic acids is 1. The molecule has 1 aliphatic heterocycles. The Morgan fingerprint density at radius 3 is 1.88 bits per heavy atom. The molecule has 0 aromatic rings. The van der Waals surface area contributed by atoms with Crippen LogP contribution in [0.25, 0.3) is 0 Å². The Kier molecular flexibility index (Phi) is 3.07. The van der Waals surface area contributed by atoms with Gasteiger partial charge in [0.05, 0.1) is 29.3 Å². The van der Waals surface area contributed by atoms with E-state index in [1.54, 1.807) is 0 Å². The number of aliphatic carboxylic acids is 1. The zero-order valence-corrected chi connectivity index (χ0v) is 10.5. The van der Waals surface area contributed by atoms with E-state index in [-0.39, 0.29) is 11.1 Å². The third-order valence-electron chi connectivity index (χ3n) is 3.09. The van der Waals surface area contributed by atoms with E-state index < -0.39 is 23.0 Å². The first-order chi connectivity index (χ1) is 7.58. The first kappa shape index (κ1) is 13.7. The Bertz CT molecular complexity index is 408. The lowest BCUT2D eigenvalue weighted by Gasteiger charge is -2.33. The van der Waals surface area contributed by atoms with Gasteiger partial charge >= 0.3 is 11.9 Å². The Balaban J connectivity index is 3.56. The lowest BCUT2D eigenvalue weighted by Crippen LogP contribution is -2.48. The highest BCUT2D eigenvalue weighted by Gasteiger charge is 2.56. The third kappa shape index (κ3) is 1.73. The van der Waals surface area contributed by atoms with E-state index in [0.717, 1.165) is 7.11 Å². The number of rotatable bonds is 2. The van der Waals surface area contributed by atoms with Crippen molar-refractivity contribution in [2.45, 2.75) is 38.8 Å². The van der Waals surface area contributed by atoms with Gasteiger partial charge in [0.15, 0.2) is 0 Å². The van der Waals surface area contributed by atoms with E-state index >= 15 is 0 Å². The van der Waals surface area contributed by atoms with Crippen molar-refractivity contribution in [3.05, 3.63) is 11.1 Å². The van der Waals surface area contributed by atoms with Crippen molar-refractivity contribution in [1.82, 2.24) is 5.06 Å². The maximum absolute atomic E-state index is 12.1. The molecule has 1 heterocycles. The quantitative estimate of drug-likeness (QED) is 0.722. The molecule has 95 valence electrons. The number of methoxy groups -OCH3 is 1. The smallest absolute Gasteiger partial charge is 0.336 e. The van der Waals surface area contributed by atoms with Crippen LogP contribution in [-0.4, -0.2) is 40.3 Å². The Hall–Kier alpha value is -1.40. The van der Waals surface area contributed by atoms with Crippen LogP contribution in [0.3, 0.4) is 0 Å². The molecular weight excluding hydrogens is 226 g/mol. The molecule has 0 atom stereocenters. The summed E-state index contributed by atoms with van der Waals surface area (Å²) in [5.74, 6) is -2.05. The zero-order chi connectivity index (χ0) is 13.6. The zero-order valence-electron chi connectivity index (χ0n) is 10.5. The maximum atomic E-state index is 12.1. The molecule has 0 aromatic heterocycles. The van der Waals surface area contributed by atoms with Crippen LogP contribution in [0, 0.1) is 0 Å². The molecule has 6 heteroatoms. The molecule has 17 heavy (non-hydrogen) atoms. The predicted molar refractivity (Wildman–Crippen MR) is 57.4 cm³/mol. The van der Waals surface area contributed by atoms with Crippen molar-refractivity contribution < 1.29 is 24.6 Å². The molecule has 0 aliphatic carbocycles. The molecule has 6 nitrogen and oxygen atoms in total. The molecule has 1 radical (unpaired) electrons. The molecule has 0 unspecified atom stereocenters. The van der Waals surface area contributed by atoms with Gasteiger partial charge in [-0.15, -0.1) is 10.3 Å². The molecule has 0 fully saturated rings. The number of hydrogen-bond donors (Lipinski definition) is 1. The van der Waals surface area contributed by atoms with E-state index in [1.807, 2.05) is 0 Å². The van der Waals surface area contributed by atoms with E-state index in [4.69, 9.17) is 0 Å². The Labute approximate surface area is 99.4 Å². The molecule has 0 aromatic carbocycles. The summed E-state index contributed by atoms with van der Waals surface area (Å²) in [6, 6.07) is 0. The largest absolute Gasteiger partial charge is 0.478 e. The molecule has 0 spiro atoms. The molecule has 1 rings (SSSR count). The first-order valence-corrected chi connectivity index (χ1v) is 5.12. The molecular formula is C11H16NO5. The first-order valence-electron chi connectivity index (χ1n) is 5.12. The van der Waals surface area contributed by atoms with Gasteiger partial charge in [0, 0.05) is 0 Å². The lowest BCUT2D eigenvalue weighted by molar-refractivity contribution is -0.241. The number of carboxylic acid groups (broad SMARTS) is 1. The van der Waals surface area contributed by atoms with E-state index in [1.165, 1.54) is 27.7 Å². The third-order valence-corrected chi connectivity index (χ3v) is 3.09. The second-order valence-corrected chi connectivity index (χ2v) is 4.96. The Morgan fingerprint density at radius 1 is 1.12 bits per heavy atom. The monoisotopic (exact) mass is 242 g/mol. The second-order valence-electron chi connectivity index (χ2n) is 4.96. The normalized spacial score (nSPS) is 22.7. The lowest BCUT2D eigenvalue weighted by atomic mass is 9.90. The number of carboxylic acids is 1. The van der Waals surface area contributed by atoms with Crippen LogP contribution in [-0.2, 0) is 19.5 Å². The number of nitrogens with zero attached hydrogens (tertiary/aromatic N) is 1. The summed E-state index contributed by atoms with van der Waals surface area (Å²) in [4.78, 5) is 22.9. The standard InChI is InChI=1S/C11H16NO5/c1-10(2)6(8(13)14)7(9(15)17-5)11(3,4)12(10)16/h1-5H3,(H,13,14). The summed E-state index contributed by atoms with van der Waals surface area (Å²) in [5, 5.41) is 21.9. The van der Waals surface area contributed by atoms with Gasteiger partial charge in [-0.1, -0.05) is 0 Å². The fourth-order valence-electron chi connectivity index (χ4n) is 2.34. The SMILES string of the molecule is COC(=O)C1=C(C(=O)O)C(C)(C)N([O])C1(C)C. The molecule has 0 amide bonds. The van der Waals surface area contributed by atoms with Gasteiger partial charge in [0.25, 0.3) is 0 Å². The number of carbonyl (C=O) groups is 2. The van der Waals surface area contributed by atoms with Gasteiger partial charge in [0.2, 0.25) is 0 Å². The van der Waals surface area contributed by atoms with Crippen molar-refractivity contribution in [1.29, 1.82) is 0 Å². The van der Waals surface area contributed by atoms with Crippen molar-refractivity contribution >= 4 is 11.9 Å². The fourth-order valence-corrected chi connectivity index (χ4v) is 2.34. The number of hydrogen-bond acceptors (Lipinski definition) is 4. The van der Waals surface area contributed by atoms with Crippen molar-refractivity contribution in [2.24, 2.45) is 0 Å². The van der Waals surface area contributed by atoms with Gasteiger partial charge in [-0.3, -0.25) is 0 Å². The molecule has 0 saturated heterocycles. The van der Waals surface area contributed by atoms with Crippen molar-refractivity contribution in [2.75, 3.05) is 7.11 Å². The summed E-state index contributed by atoms with van der Waals surface area (Å²) in [6.45, 7) is 5.95. The van der Waals surface area contributed by atoms with Crippen LogP contribution in [0.5, 0.6) is 0 Å². The number of ether oxygens (including phenoxy) is 1. The molecule has 0 saturated carbocycles. The maximum Gasteiger partial charge on any atom is 0.336 e. The summed E-state index contributed by atoms with van der Waals surface area (Å²) >= 11 is 0. The van der Waals surface area contributed by atoms with Gasteiger partial charge in [-0.25, -0.2) is 9.59 Å². The van der Waals surface area contributed by atoms with E-state index in [9.17, 15) is 19.9 Å². The van der Waals surface area contributed by atoms with Crippen LogP contribution in [0.15, 0.2) is 11.1 Å². The van der Waals surface area contributed by atoms with E-state index in [2.05, 4.69) is 4.74 Å². The second kappa shape index (κ2) is 3.82. The number of hydroxylamine groups is 2. The number of esters is 1. The van der Waals surface area contributed by atoms with Crippen LogP contribution < -0.4 is 0 Å². The molecule has 0 bridgehead atoms. The summed E-state index contributed by atoms with van der Waals surface area (Å²) in [6.07, 6.45) is 0. The summed E-state index contributed by atoms with van der Waals surface area (Å²) in [5.41, 5.74) is -2.78. The molecule has 1 aliphatic rings. The minimum absolute atomic E-state index is 0.0903.